The smallest absolute Gasteiger partial charge is 0.374 e. The van der Waals surface area contributed by atoms with Crippen molar-refractivity contribution in [1.29, 1.82) is 0 Å². The third kappa shape index (κ3) is 2.96. The number of aromatic nitrogens is 2. The minimum absolute atomic E-state index is 0.153. The molecule has 2 atom stereocenters. The fourth-order valence-electron chi connectivity index (χ4n) is 3.04. The summed E-state index contributed by atoms with van der Waals surface area (Å²) in [5.41, 5.74) is 0.663. The maximum absolute atomic E-state index is 11.2. The van der Waals surface area contributed by atoms with Gasteiger partial charge in [0.25, 0.3) is 0 Å². The first-order valence-corrected chi connectivity index (χ1v) is 7.40. The number of anilines is 1. The van der Waals surface area contributed by atoms with Gasteiger partial charge in [-0.25, -0.2) is 14.8 Å². The lowest BCUT2D eigenvalue weighted by Gasteiger charge is -2.28. The minimum atomic E-state index is -1.10. The average molecular weight is 285 g/mol. The molecule has 1 heterocycles. The lowest BCUT2D eigenvalue weighted by molar-refractivity contribution is 0.0684. The van der Waals surface area contributed by atoms with Crippen LogP contribution in [0.3, 0.4) is 0 Å². The Morgan fingerprint density at radius 1 is 1.29 bits per heavy atom. The molecule has 0 bridgehead atoms. The lowest BCUT2D eigenvalue weighted by Crippen LogP contribution is -2.27. The number of carboxylic acids is 1. The number of hydrogen-bond acceptors (Lipinski definition) is 4. The predicted octanol–water partition coefficient (Wildman–Crippen LogP) is 3.32. The Balaban J connectivity index is 1.97. The summed E-state index contributed by atoms with van der Waals surface area (Å²) in [6.07, 6.45) is 4.67. The summed E-state index contributed by atoms with van der Waals surface area (Å²) < 4.78 is 0. The summed E-state index contributed by atoms with van der Waals surface area (Å²) in [5.74, 6) is 0.0845. The van der Waals surface area contributed by atoms with Crippen molar-refractivity contribution in [1.82, 2.24) is 9.97 Å². The van der Waals surface area contributed by atoms with E-state index in [0.717, 1.165) is 18.2 Å². The normalized spacial score (nSPS) is 22.1. The van der Waals surface area contributed by atoms with Gasteiger partial charge in [0.05, 0.1) is 5.52 Å². The van der Waals surface area contributed by atoms with Crippen LogP contribution in [-0.2, 0) is 0 Å². The van der Waals surface area contributed by atoms with E-state index in [1.807, 2.05) is 24.3 Å². The van der Waals surface area contributed by atoms with Gasteiger partial charge in [-0.3, -0.25) is 0 Å². The van der Waals surface area contributed by atoms with Crippen LogP contribution in [0, 0.1) is 5.92 Å². The SMILES string of the molecule is CC1CCCC(Nc2nc(C(=O)O)nc3ccccc23)C1. The molecule has 0 radical (unpaired) electrons. The second-order valence-electron chi connectivity index (χ2n) is 5.83. The molecule has 5 heteroatoms. The van der Waals surface area contributed by atoms with Gasteiger partial charge in [-0.05, 0) is 30.9 Å². The summed E-state index contributed by atoms with van der Waals surface area (Å²) in [5, 5.41) is 13.5. The van der Waals surface area contributed by atoms with Gasteiger partial charge >= 0.3 is 5.97 Å². The summed E-state index contributed by atoms with van der Waals surface area (Å²) in [6, 6.07) is 7.87. The summed E-state index contributed by atoms with van der Waals surface area (Å²) >= 11 is 0. The number of benzene rings is 1. The largest absolute Gasteiger partial charge is 0.475 e. The number of rotatable bonds is 3. The van der Waals surface area contributed by atoms with Crippen LogP contribution >= 0.6 is 0 Å². The van der Waals surface area contributed by atoms with Gasteiger partial charge in [0, 0.05) is 11.4 Å². The molecule has 0 saturated heterocycles. The highest BCUT2D eigenvalue weighted by Gasteiger charge is 2.21. The molecule has 21 heavy (non-hydrogen) atoms. The van der Waals surface area contributed by atoms with Gasteiger partial charge in [0.1, 0.15) is 5.82 Å². The molecule has 1 aromatic carbocycles. The Morgan fingerprint density at radius 2 is 2.10 bits per heavy atom. The Kier molecular flexibility index (Phi) is 3.73. The zero-order valence-electron chi connectivity index (χ0n) is 12.0. The molecule has 2 unspecified atom stereocenters. The Morgan fingerprint density at radius 3 is 2.86 bits per heavy atom. The lowest BCUT2D eigenvalue weighted by atomic mass is 9.87. The molecule has 1 saturated carbocycles. The highest BCUT2D eigenvalue weighted by molar-refractivity contribution is 5.93. The molecule has 0 aliphatic heterocycles. The van der Waals surface area contributed by atoms with E-state index in [4.69, 9.17) is 5.11 Å². The van der Waals surface area contributed by atoms with Gasteiger partial charge in [-0.1, -0.05) is 31.9 Å². The quantitative estimate of drug-likeness (QED) is 0.904. The van der Waals surface area contributed by atoms with Crippen molar-refractivity contribution in [2.24, 2.45) is 5.92 Å². The Hall–Kier alpha value is -2.17. The first-order chi connectivity index (χ1) is 10.1. The van der Waals surface area contributed by atoms with Gasteiger partial charge in [-0.2, -0.15) is 0 Å². The van der Waals surface area contributed by atoms with Crippen LogP contribution in [0.1, 0.15) is 43.2 Å². The van der Waals surface area contributed by atoms with Gasteiger partial charge < -0.3 is 10.4 Å². The number of aromatic carboxylic acids is 1. The van der Waals surface area contributed by atoms with E-state index in [0.29, 0.717) is 23.3 Å². The fraction of sp³-hybridized carbons (Fsp3) is 0.438. The molecule has 1 aromatic heterocycles. The Bertz CT molecular complexity index is 672. The van der Waals surface area contributed by atoms with Crippen molar-refractivity contribution in [3.63, 3.8) is 0 Å². The second-order valence-corrected chi connectivity index (χ2v) is 5.83. The van der Waals surface area contributed by atoms with Crippen molar-refractivity contribution in [2.45, 2.75) is 38.6 Å². The van der Waals surface area contributed by atoms with Crippen LogP contribution < -0.4 is 5.32 Å². The van der Waals surface area contributed by atoms with Gasteiger partial charge in [0.2, 0.25) is 5.82 Å². The van der Waals surface area contributed by atoms with Crippen molar-refractivity contribution in [3.05, 3.63) is 30.1 Å². The molecule has 110 valence electrons. The fourth-order valence-corrected chi connectivity index (χ4v) is 3.04. The number of carboxylic acid groups (broad SMARTS) is 1. The molecule has 1 aliphatic carbocycles. The average Bonchev–Trinajstić information content (AvgIpc) is 2.47. The number of fused-ring (bicyclic) bond motifs is 1. The van der Waals surface area contributed by atoms with Crippen LogP contribution in [0.5, 0.6) is 0 Å². The van der Waals surface area contributed by atoms with Crippen LogP contribution in [-0.4, -0.2) is 27.1 Å². The van der Waals surface area contributed by atoms with Crippen molar-refractivity contribution in [3.8, 4) is 0 Å². The van der Waals surface area contributed by atoms with Crippen molar-refractivity contribution < 1.29 is 9.90 Å². The van der Waals surface area contributed by atoms with Crippen molar-refractivity contribution >= 4 is 22.7 Å². The predicted molar refractivity (Wildman–Crippen MR) is 81.5 cm³/mol. The van der Waals surface area contributed by atoms with E-state index in [2.05, 4.69) is 22.2 Å². The molecule has 1 fully saturated rings. The summed E-state index contributed by atoms with van der Waals surface area (Å²) in [6.45, 7) is 2.26. The summed E-state index contributed by atoms with van der Waals surface area (Å²) in [7, 11) is 0. The van der Waals surface area contributed by atoms with E-state index < -0.39 is 5.97 Å². The second kappa shape index (κ2) is 5.68. The van der Waals surface area contributed by atoms with E-state index >= 15 is 0 Å². The monoisotopic (exact) mass is 285 g/mol. The standard InChI is InChI=1S/C16H19N3O2/c1-10-5-4-6-11(9-10)17-14-12-7-2-3-8-13(12)18-15(19-14)16(20)21/h2-3,7-8,10-11H,4-6,9H2,1H3,(H,20,21)(H,17,18,19). The molecule has 2 N–H and O–H groups in total. The molecular formula is C16H19N3O2. The number of nitrogens with one attached hydrogen (secondary N) is 1. The molecule has 3 rings (SSSR count). The highest BCUT2D eigenvalue weighted by atomic mass is 16.4. The minimum Gasteiger partial charge on any atom is -0.475 e. The Labute approximate surface area is 123 Å². The first kappa shape index (κ1) is 13.8. The number of nitrogens with zero attached hydrogens (tertiary/aromatic N) is 2. The van der Waals surface area contributed by atoms with E-state index in [1.165, 1.54) is 12.8 Å². The van der Waals surface area contributed by atoms with Crippen LogP contribution in [0.2, 0.25) is 0 Å². The van der Waals surface area contributed by atoms with Crippen molar-refractivity contribution in [2.75, 3.05) is 5.32 Å². The van der Waals surface area contributed by atoms with E-state index in [-0.39, 0.29) is 5.82 Å². The van der Waals surface area contributed by atoms with E-state index in [1.54, 1.807) is 0 Å². The summed E-state index contributed by atoms with van der Waals surface area (Å²) in [4.78, 5) is 19.5. The zero-order valence-corrected chi connectivity index (χ0v) is 12.0. The topological polar surface area (TPSA) is 75.1 Å². The molecule has 0 amide bonds. The number of para-hydroxylation sites is 1. The van der Waals surface area contributed by atoms with Crippen LogP contribution in [0.15, 0.2) is 24.3 Å². The van der Waals surface area contributed by atoms with Gasteiger partial charge in [0.15, 0.2) is 0 Å². The third-order valence-corrected chi connectivity index (χ3v) is 4.07. The third-order valence-electron chi connectivity index (χ3n) is 4.07. The number of carbonyl (C=O) groups is 1. The zero-order chi connectivity index (χ0) is 14.8. The molecule has 0 spiro atoms. The first-order valence-electron chi connectivity index (χ1n) is 7.40. The molecular weight excluding hydrogens is 266 g/mol. The van der Waals surface area contributed by atoms with Crippen LogP contribution in [0.4, 0.5) is 5.82 Å². The number of hydrogen-bond donors (Lipinski definition) is 2. The molecule has 1 aliphatic rings. The van der Waals surface area contributed by atoms with E-state index in [9.17, 15) is 4.79 Å². The molecule has 5 nitrogen and oxygen atoms in total. The molecule has 2 aromatic rings. The maximum Gasteiger partial charge on any atom is 0.374 e. The van der Waals surface area contributed by atoms with Crippen LogP contribution in [0.25, 0.3) is 10.9 Å². The maximum atomic E-state index is 11.2. The highest BCUT2D eigenvalue weighted by Crippen LogP contribution is 2.28. The van der Waals surface area contributed by atoms with Gasteiger partial charge in [-0.15, -0.1) is 0 Å².